The first-order valence-electron chi connectivity index (χ1n) is 10.5. The highest BCUT2D eigenvalue weighted by atomic mass is 16.5. The van der Waals surface area contributed by atoms with E-state index in [1.165, 1.54) is 16.5 Å². The van der Waals surface area contributed by atoms with Crippen molar-refractivity contribution in [2.24, 2.45) is 0 Å². The van der Waals surface area contributed by atoms with Gasteiger partial charge in [0.15, 0.2) is 0 Å². The number of para-hydroxylation sites is 3. The van der Waals surface area contributed by atoms with Crippen LogP contribution in [0.3, 0.4) is 0 Å². The highest BCUT2D eigenvalue weighted by Gasteiger charge is 2.21. The summed E-state index contributed by atoms with van der Waals surface area (Å²) in [6.07, 6.45) is 2.07. The van der Waals surface area contributed by atoms with E-state index < -0.39 is 0 Å². The quantitative estimate of drug-likeness (QED) is 0.384. The lowest BCUT2D eigenvalue weighted by atomic mass is 9.90. The molecule has 0 unspecified atom stereocenters. The molecule has 0 aliphatic rings. The second kappa shape index (κ2) is 9.49. The van der Waals surface area contributed by atoms with Gasteiger partial charge in [0.05, 0.1) is 18.8 Å². The number of ether oxygens (including phenoxy) is 1. The minimum atomic E-state index is -0.374. The van der Waals surface area contributed by atoms with Crippen LogP contribution in [0.1, 0.15) is 24.0 Å². The molecule has 0 saturated heterocycles. The average Bonchev–Trinajstić information content (AvgIpc) is 3.24. The van der Waals surface area contributed by atoms with Gasteiger partial charge < -0.3 is 20.4 Å². The van der Waals surface area contributed by atoms with Crippen molar-refractivity contribution in [1.82, 2.24) is 10.3 Å². The monoisotopic (exact) mass is 413 g/mol. The van der Waals surface area contributed by atoms with Crippen molar-refractivity contribution in [2.75, 3.05) is 19.0 Å². The summed E-state index contributed by atoms with van der Waals surface area (Å²) < 4.78 is 5.33. The number of carbonyl (C=O) groups excluding carboxylic acids is 1. The van der Waals surface area contributed by atoms with Crippen LogP contribution in [-0.2, 0) is 4.79 Å². The molecule has 3 N–H and O–H groups in total. The van der Waals surface area contributed by atoms with E-state index >= 15 is 0 Å². The van der Waals surface area contributed by atoms with Gasteiger partial charge in [0.25, 0.3) is 0 Å². The van der Waals surface area contributed by atoms with Crippen LogP contribution in [0, 0.1) is 0 Å². The molecule has 5 heteroatoms. The first-order chi connectivity index (χ1) is 15.2. The van der Waals surface area contributed by atoms with Crippen molar-refractivity contribution in [3.8, 4) is 5.75 Å². The number of carbonyl (C=O) groups is 1. The summed E-state index contributed by atoms with van der Waals surface area (Å²) in [5.41, 5.74) is 4.20. The standard InChI is InChI=1S/C26H27N3O2/c1-18(26(30)29-24-14-8-9-15-25(24)31-2)27-16-21(19-10-4-3-5-11-19)22-17-28-23-13-7-6-12-20(22)23/h3-15,17-18,21,27-28H,16H2,1-2H3,(H,29,30)/t18-,21+/m0/s1. The minimum absolute atomic E-state index is 0.102. The number of H-pyrrole nitrogens is 1. The Kier molecular flexibility index (Phi) is 6.34. The lowest BCUT2D eigenvalue weighted by Gasteiger charge is -2.21. The maximum Gasteiger partial charge on any atom is 0.241 e. The van der Waals surface area contributed by atoms with Gasteiger partial charge in [-0.15, -0.1) is 0 Å². The molecule has 0 fully saturated rings. The Labute approximate surface area is 182 Å². The summed E-state index contributed by atoms with van der Waals surface area (Å²) in [4.78, 5) is 16.2. The van der Waals surface area contributed by atoms with Crippen LogP contribution in [0.5, 0.6) is 5.75 Å². The fourth-order valence-corrected chi connectivity index (χ4v) is 3.85. The highest BCUT2D eigenvalue weighted by Crippen LogP contribution is 2.30. The first kappa shape index (κ1) is 20.7. The molecule has 0 aliphatic heterocycles. The molecule has 1 heterocycles. The molecule has 31 heavy (non-hydrogen) atoms. The molecule has 158 valence electrons. The normalized spacial score (nSPS) is 13.0. The van der Waals surface area contributed by atoms with Crippen LogP contribution >= 0.6 is 0 Å². The number of methoxy groups -OCH3 is 1. The van der Waals surface area contributed by atoms with Gasteiger partial charge in [-0.05, 0) is 36.2 Å². The topological polar surface area (TPSA) is 66.2 Å². The number of hydrogen-bond donors (Lipinski definition) is 3. The first-order valence-corrected chi connectivity index (χ1v) is 10.5. The van der Waals surface area contributed by atoms with Gasteiger partial charge in [-0.3, -0.25) is 4.79 Å². The lowest BCUT2D eigenvalue weighted by Crippen LogP contribution is -2.40. The summed E-state index contributed by atoms with van der Waals surface area (Å²) in [5, 5.41) is 7.58. The second-order valence-corrected chi connectivity index (χ2v) is 7.57. The molecule has 0 aliphatic carbocycles. The zero-order valence-corrected chi connectivity index (χ0v) is 17.8. The zero-order chi connectivity index (χ0) is 21.6. The molecular formula is C26H27N3O2. The Morgan fingerprint density at radius 3 is 2.48 bits per heavy atom. The Hall–Kier alpha value is -3.57. The summed E-state index contributed by atoms with van der Waals surface area (Å²) in [5.74, 6) is 0.651. The number of rotatable bonds is 8. The van der Waals surface area contributed by atoms with E-state index in [9.17, 15) is 4.79 Å². The van der Waals surface area contributed by atoms with Crippen molar-refractivity contribution >= 4 is 22.5 Å². The van der Waals surface area contributed by atoms with Crippen LogP contribution in [0.2, 0.25) is 0 Å². The smallest absolute Gasteiger partial charge is 0.241 e. The molecular weight excluding hydrogens is 386 g/mol. The molecule has 5 nitrogen and oxygen atoms in total. The summed E-state index contributed by atoms with van der Waals surface area (Å²) in [6.45, 7) is 2.51. The Morgan fingerprint density at radius 1 is 0.968 bits per heavy atom. The number of fused-ring (bicyclic) bond motifs is 1. The van der Waals surface area contributed by atoms with Gasteiger partial charge in [0.2, 0.25) is 5.91 Å². The third-order valence-corrected chi connectivity index (χ3v) is 5.58. The molecule has 1 amide bonds. The number of nitrogens with one attached hydrogen (secondary N) is 3. The van der Waals surface area contributed by atoms with E-state index in [0.29, 0.717) is 18.0 Å². The van der Waals surface area contributed by atoms with Crippen LogP contribution in [0.4, 0.5) is 5.69 Å². The van der Waals surface area contributed by atoms with Crippen molar-refractivity contribution < 1.29 is 9.53 Å². The van der Waals surface area contributed by atoms with Gasteiger partial charge in [-0.25, -0.2) is 0 Å². The molecule has 1 aromatic heterocycles. The van der Waals surface area contributed by atoms with Crippen LogP contribution in [0.15, 0.2) is 85.1 Å². The van der Waals surface area contributed by atoms with Crippen molar-refractivity contribution in [2.45, 2.75) is 18.9 Å². The molecule has 0 saturated carbocycles. The van der Waals surface area contributed by atoms with Crippen LogP contribution in [-0.4, -0.2) is 30.6 Å². The van der Waals surface area contributed by atoms with Crippen molar-refractivity contribution in [3.05, 3.63) is 96.2 Å². The Balaban J connectivity index is 1.52. The molecule has 0 bridgehead atoms. The number of aromatic amines is 1. The third kappa shape index (κ3) is 4.62. The number of benzene rings is 3. The zero-order valence-electron chi connectivity index (χ0n) is 17.8. The molecule has 0 radical (unpaired) electrons. The minimum Gasteiger partial charge on any atom is -0.495 e. The van der Waals surface area contributed by atoms with E-state index in [0.717, 1.165) is 5.52 Å². The largest absolute Gasteiger partial charge is 0.495 e. The summed E-state index contributed by atoms with van der Waals surface area (Å²) in [7, 11) is 1.60. The van der Waals surface area contributed by atoms with E-state index in [2.05, 4.69) is 64.3 Å². The van der Waals surface area contributed by atoms with E-state index in [4.69, 9.17) is 4.74 Å². The molecule has 0 spiro atoms. The van der Waals surface area contributed by atoms with Crippen LogP contribution in [0.25, 0.3) is 10.9 Å². The fourth-order valence-electron chi connectivity index (χ4n) is 3.85. The molecule has 4 rings (SSSR count). The van der Waals surface area contributed by atoms with Gasteiger partial charge in [0.1, 0.15) is 5.75 Å². The Morgan fingerprint density at radius 2 is 1.68 bits per heavy atom. The molecule has 2 atom stereocenters. The lowest BCUT2D eigenvalue weighted by molar-refractivity contribution is -0.117. The SMILES string of the molecule is COc1ccccc1NC(=O)[C@H](C)NC[C@H](c1ccccc1)c1c[nH]c2ccccc12. The van der Waals surface area contributed by atoms with Gasteiger partial charge in [-0.1, -0.05) is 60.7 Å². The average molecular weight is 414 g/mol. The summed E-state index contributed by atoms with van der Waals surface area (Å²) >= 11 is 0. The third-order valence-electron chi connectivity index (χ3n) is 5.58. The van der Waals surface area contributed by atoms with Gasteiger partial charge in [0, 0.05) is 29.6 Å². The summed E-state index contributed by atoms with van der Waals surface area (Å²) in [6, 6.07) is 25.7. The maximum atomic E-state index is 12.8. The van der Waals surface area contributed by atoms with Crippen molar-refractivity contribution in [1.29, 1.82) is 0 Å². The fraction of sp³-hybridized carbons (Fsp3) is 0.192. The molecule has 4 aromatic rings. The Bertz CT molecular complexity index is 1150. The number of hydrogen-bond acceptors (Lipinski definition) is 3. The van der Waals surface area contributed by atoms with Crippen molar-refractivity contribution in [3.63, 3.8) is 0 Å². The number of anilines is 1. The maximum absolute atomic E-state index is 12.8. The van der Waals surface area contributed by atoms with E-state index in [-0.39, 0.29) is 17.9 Å². The van der Waals surface area contributed by atoms with Gasteiger partial charge in [-0.2, -0.15) is 0 Å². The number of aromatic nitrogens is 1. The number of amides is 1. The predicted molar refractivity (Wildman–Crippen MR) is 126 cm³/mol. The van der Waals surface area contributed by atoms with E-state index in [1.807, 2.05) is 43.3 Å². The molecule has 3 aromatic carbocycles. The van der Waals surface area contributed by atoms with E-state index in [1.54, 1.807) is 7.11 Å². The highest BCUT2D eigenvalue weighted by molar-refractivity contribution is 5.95. The second-order valence-electron chi connectivity index (χ2n) is 7.57. The van der Waals surface area contributed by atoms with Gasteiger partial charge >= 0.3 is 0 Å². The van der Waals surface area contributed by atoms with Crippen LogP contribution < -0.4 is 15.4 Å². The predicted octanol–water partition coefficient (Wildman–Crippen LogP) is 4.93.